The molecule has 3 aromatic rings. The number of para-hydroxylation sites is 1. The predicted molar refractivity (Wildman–Crippen MR) is 94.8 cm³/mol. The van der Waals surface area contributed by atoms with Crippen LogP contribution in [0.5, 0.6) is 0 Å². The van der Waals surface area contributed by atoms with Gasteiger partial charge in [0.1, 0.15) is 0 Å². The molecule has 0 radical (unpaired) electrons. The van der Waals surface area contributed by atoms with Crippen molar-refractivity contribution in [3.05, 3.63) is 48.5 Å². The maximum absolute atomic E-state index is 8.72. The number of nitrogens with zero attached hydrogens (tertiary/aromatic N) is 5. The molecule has 0 spiro atoms. The van der Waals surface area contributed by atoms with Crippen LogP contribution in [0.4, 0.5) is 17.2 Å². The second-order valence-electron chi connectivity index (χ2n) is 5.30. The zero-order valence-electron chi connectivity index (χ0n) is 13.5. The normalized spacial score (nSPS) is 11.0. The van der Waals surface area contributed by atoms with E-state index in [9.17, 15) is 0 Å². The zero-order chi connectivity index (χ0) is 16.8. The van der Waals surface area contributed by atoms with E-state index in [1.807, 2.05) is 48.5 Å². The third-order valence-corrected chi connectivity index (χ3v) is 3.80. The molecule has 0 aliphatic heterocycles. The highest BCUT2D eigenvalue weighted by molar-refractivity contribution is 5.87. The first kappa shape index (κ1) is 15.7. The first-order valence-electron chi connectivity index (χ1n) is 7.88. The Kier molecular flexibility index (Phi) is 4.82. The summed E-state index contributed by atoms with van der Waals surface area (Å²) in [7, 11) is 0. The van der Waals surface area contributed by atoms with Crippen molar-refractivity contribution in [2.75, 3.05) is 18.0 Å². The maximum Gasteiger partial charge on any atom is 0.203 e. The fourth-order valence-corrected chi connectivity index (χ4v) is 2.52. The van der Waals surface area contributed by atoms with Crippen molar-refractivity contribution in [3.8, 4) is 6.07 Å². The average Bonchev–Trinajstić information content (AvgIpc) is 3.05. The summed E-state index contributed by atoms with van der Waals surface area (Å²) in [5.74, 6) is 0.582. The number of fused-ring (bicyclic) bond motifs is 1. The number of azo groups is 1. The minimum absolute atomic E-state index is 0.515. The van der Waals surface area contributed by atoms with Gasteiger partial charge < -0.3 is 4.90 Å². The van der Waals surface area contributed by atoms with Crippen LogP contribution < -0.4 is 4.90 Å². The van der Waals surface area contributed by atoms with Gasteiger partial charge in [0, 0.05) is 24.2 Å². The predicted octanol–water partition coefficient (Wildman–Crippen LogP) is 4.72. The average molecular weight is 318 g/mol. The van der Waals surface area contributed by atoms with Crippen LogP contribution in [0.3, 0.4) is 0 Å². The third kappa shape index (κ3) is 3.41. The van der Waals surface area contributed by atoms with Crippen LogP contribution in [-0.4, -0.2) is 23.3 Å². The number of hydrogen-bond donors (Lipinski definition) is 1. The Labute approximate surface area is 140 Å². The molecule has 0 saturated heterocycles. The van der Waals surface area contributed by atoms with E-state index in [4.69, 9.17) is 5.26 Å². The molecule has 0 atom stereocenters. The molecule has 0 fully saturated rings. The first-order valence-corrected chi connectivity index (χ1v) is 7.88. The Morgan fingerprint density at radius 2 is 1.92 bits per heavy atom. The van der Waals surface area contributed by atoms with E-state index < -0.39 is 0 Å². The minimum Gasteiger partial charge on any atom is -0.371 e. The molecule has 0 amide bonds. The number of H-pyrrole nitrogens is 1. The van der Waals surface area contributed by atoms with Crippen LogP contribution in [-0.2, 0) is 0 Å². The van der Waals surface area contributed by atoms with Crippen molar-refractivity contribution >= 4 is 28.1 Å². The molecule has 120 valence electrons. The van der Waals surface area contributed by atoms with E-state index >= 15 is 0 Å². The largest absolute Gasteiger partial charge is 0.371 e. The van der Waals surface area contributed by atoms with Gasteiger partial charge in [-0.2, -0.15) is 10.4 Å². The highest BCUT2D eigenvalue weighted by atomic mass is 15.2. The summed E-state index contributed by atoms with van der Waals surface area (Å²) >= 11 is 0. The highest BCUT2D eigenvalue weighted by Crippen LogP contribution is 2.25. The van der Waals surface area contributed by atoms with Crippen molar-refractivity contribution in [2.45, 2.75) is 13.3 Å². The molecule has 2 aromatic carbocycles. The lowest BCUT2D eigenvalue weighted by Gasteiger charge is -2.21. The molecule has 6 nitrogen and oxygen atoms in total. The lowest BCUT2D eigenvalue weighted by molar-refractivity contribution is 0.827. The van der Waals surface area contributed by atoms with Gasteiger partial charge in [0.2, 0.25) is 5.82 Å². The van der Waals surface area contributed by atoms with E-state index in [-0.39, 0.29) is 0 Å². The second-order valence-corrected chi connectivity index (χ2v) is 5.30. The molecule has 1 N–H and O–H groups in total. The van der Waals surface area contributed by atoms with Crippen molar-refractivity contribution in [3.63, 3.8) is 0 Å². The molecule has 0 bridgehead atoms. The van der Waals surface area contributed by atoms with Crippen LogP contribution in [0.15, 0.2) is 58.8 Å². The van der Waals surface area contributed by atoms with Crippen LogP contribution in [0, 0.1) is 11.3 Å². The van der Waals surface area contributed by atoms with E-state index in [0.717, 1.165) is 35.4 Å². The van der Waals surface area contributed by atoms with Gasteiger partial charge in [-0.15, -0.1) is 10.2 Å². The topological polar surface area (TPSA) is 80.4 Å². The third-order valence-electron chi connectivity index (χ3n) is 3.80. The Bertz CT molecular complexity index is 872. The van der Waals surface area contributed by atoms with Gasteiger partial charge in [-0.25, -0.2) is 0 Å². The van der Waals surface area contributed by atoms with Gasteiger partial charge >= 0.3 is 0 Å². The Morgan fingerprint density at radius 1 is 1.12 bits per heavy atom. The van der Waals surface area contributed by atoms with E-state index in [0.29, 0.717) is 12.2 Å². The van der Waals surface area contributed by atoms with E-state index in [1.165, 1.54) is 0 Å². The quantitative estimate of drug-likeness (QED) is 0.668. The molecule has 1 aromatic heterocycles. The SMILES string of the molecule is CCN(CCC#N)c1ccc(N=Nc2n[nH]c3ccccc23)cc1. The number of nitrogens with one attached hydrogen (secondary N) is 1. The number of aromatic amines is 1. The number of nitriles is 1. The number of aromatic nitrogens is 2. The van der Waals surface area contributed by atoms with Gasteiger partial charge in [-0.3, -0.25) is 5.10 Å². The summed E-state index contributed by atoms with van der Waals surface area (Å²) in [6.45, 7) is 3.67. The smallest absolute Gasteiger partial charge is 0.203 e. The molecule has 0 aliphatic rings. The van der Waals surface area contributed by atoms with Gasteiger partial charge in [0.05, 0.1) is 23.7 Å². The second kappa shape index (κ2) is 7.38. The Morgan fingerprint density at radius 3 is 2.67 bits per heavy atom. The molecule has 0 aliphatic carbocycles. The van der Waals surface area contributed by atoms with Crippen molar-refractivity contribution < 1.29 is 0 Å². The molecular weight excluding hydrogens is 300 g/mol. The number of rotatable bonds is 6. The summed E-state index contributed by atoms with van der Waals surface area (Å²) < 4.78 is 0. The van der Waals surface area contributed by atoms with Crippen molar-refractivity contribution in [1.82, 2.24) is 10.2 Å². The molecule has 0 saturated carbocycles. The van der Waals surface area contributed by atoms with Gasteiger partial charge in [-0.05, 0) is 43.3 Å². The lowest BCUT2D eigenvalue weighted by Crippen LogP contribution is -2.23. The molecule has 3 rings (SSSR count). The van der Waals surface area contributed by atoms with Gasteiger partial charge in [0.25, 0.3) is 0 Å². The Balaban J connectivity index is 1.75. The molecule has 6 heteroatoms. The van der Waals surface area contributed by atoms with Crippen molar-refractivity contribution in [2.24, 2.45) is 10.2 Å². The number of benzene rings is 2. The molecular formula is C18H18N6. The monoisotopic (exact) mass is 318 g/mol. The van der Waals surface area contributed by atoms with E-state index in [1.54, 1.807) is 0 Å². The molecule has 0 unspecified atom stereocenters. The fourth-order valence-electron chi connectivity index (χ4n) is 2.52. The number of hydrogen-bond acceptors (Lipinski definition) is 5. The van der Waals surface area contributed by atoms with Crippen LogP contribution in [0.1, 0.15) is 13.3 Å². The Hall–Kier alpha value is -3.20. The lowest BCUT2D eigenvalue weighted by atomic mass is 10.2. The molecule has 1 heterocycles. The van der Waals surface area contributed by atoms with Gasteiger partial charge in [-0.1, -0.05) is 12.1 Å². The van der Waals surface area contributed by atoms with Crippen LogP contribution in [0.25, 0.3) is 10.9 Å². The zero-order valence-corrected chi connectivity index (χ0v) is 13.5. The fraction of sp³-hybridized carbons (Fsp3) is 0.222. The highest BCUT2D eigenvalue weighted by Gasteiger charge is 2.05. The van der Waals surface area contributed by atoms with Crippen LogP contribution in [0.2, 0.25) is 0 Å². The van der Waals surface area contributed by atoms with E-state index in [2.05, 4.69) is 38.3 Å². The maximum atomic E-state index is 8.72. The number of anilines is 1. The summed E-state index contributed by atoms with van der Waals surface area (Å²) in [6, 6.07) is 17.8. The standard InChI is InChI=1S/C18H18N6/c1-2-24(13-5-12-19)15-10-8-14(9-11-15)20-22-18-16-6-3-4-7-17(16)21-23-18/h3-4,6-11H,2,5,13H2,1H3,(H,21,23). The van der Waals surface area contributed by atoms with Crippen molar-refractivity contribution in [1.29, 1.82) is 5.26 Å². The first-order chi connectivity index (χ1) is 11.8. The summed E-state index contributed by atoms with van der Waals surface area (Å²) in [5, 5.41) is 25.3. The van der Waals surface area contributed by atoms with Gasteiger partial charge in [0.15, 0.2) is 0 Å². The summed E-state index contributed by atoms with van der Waals surface area (Å²) in [4.78, 5) is 2.16. The van der Waals surface area contributed by atoms with Crippen LogP contribution >= 0.6 is 0 Å². The molecule has 24 heavy (non-hydrogen) atoms. The summed E-state index contributed by atoms with van der Waals surface area (Å²) in [6.07, 6.45) is 0.515. The minimum atomic E-state index is 0.515. The summed E-state index contributed by atoms with van der Waals surface area (Å²) in [5.41, 5.74) is 2.79.